The molecule has 1 saturated heterocycles. The minimum absolute atomic E-state index is 0.0834. The SMILES string of the molecule is COc1ccc2c(c1)C(CO)(NC(=O)CN(C)Cc1ccc(-c3nc(NC4CCOCC4)ncc3Cl)cc1C=O)CC2. The molecule has 3 N–H and O–H groups in total. The topological polar surface area (TPSA) is 126 Å². The number of carbonyl (C=O) groups is 2. The van der Waals surface area contributed by atoms with Gasteiger partial charge in [-0.3, -0.25) is 14.5 Å². The van der Waals surface area contributed by atoms with E-state index >= 15 is 0 Å². The van der Waals surface area contributed by atoms with Crippen LogP contribution in [0.1, 0.15) is 46.3 Å². The van der Waals surface area contributed by atoms with Gasteiger partial charge in [-0.15, -0.1) is 0 Å². The number of halogens is 1. The highest BCUT2D eigenvalue weighted by molar-refractivity contribution is 6.32. The first-order valence-corrected chi connectivity index (χ1v) is 14.4. The minimum atomic E-state index is -0.854. The summed E-state index contributed by atoms with van der Waals surface area (Å²) in [7, 11) is 3.41. The Morgan fingerprint density at radius 2 is 2.07 bits per heavy atom. The number of anilines is 1. The molecule has 2 aromatic carbocycles. The number of hydrogen-bond acceptors (Lipinski definition) is 9. The van der Waals surface area contributed by atoms with Crippen LogP contribution >= 0.6 is 11.6 Å². The van der Waals surface area contributed by atoms with E-state index in [-0.39, 0.29) is 25.1 Å². The van der Waals surface area contributed by atoms with Crippen molar-refractivity contribution in [1.82, 2.24) is 20.2 Å². The average molecular weight is 594 g/mol. The largest absolute Gasteiger partial charge is 0.497 e. The van der Waals surface area contributed by atoms with E-state index < -0.39 is 5.54 Å². The number of rotatable bonds is 11. The van der Waals surface area contributed by atoms with Crippen LogP contribution in [0.3, 0.4) is 0 Å². The maximum absolute atomic E-state index is 13.1. The first-order valence-electron chi connectivity index (χ1n) is 14.1. The molecule has 222 valence electrons. The summed E-state index contributed by atoms with van der Waals surface area (Å²) < 4.78 is 10.8. The molecule has 42 heavy (non-hydrogen) atoms. The van der Waals surface area contributed by atoms with E-state index in [4.69, 9.17) is 21.1 Å². The summed E-state index contributed by atoms with van der Waals surface area (Å²) in [5.74, 6) is 0.941. The Balaban J connectivity index is 1.26. The van der Waals surface area contributed by atoms with Gasteiger partial charge in [0, 0.05) is 36.9 Å². The van der Waals surface area contributed by atoms with Crippen molar-refractivity contribution < 1.29 is 24.2 Å². The predicted octanol–water partition coefficient (Wildman–Crippen LogP) is 3.59. The molecule has 3 aromatic rings. The Hall–Kier alpha value is -3.57. The van der Waals surface area contributed by atoms with Crippen molar-refractivity contribution in [2.75, 3.05) is 45.8 Å². The number of benzene rings is 2. The Labute approximate surface area is 250 Å². The zero-order valence-corrected chi connectivity index (χ0v) is 24.6. The van der Waals surface area contributed by atoms with E-state index in [9.17, 15) is 14.7 Å². The van der Waals surface area contributed by atoms with Crippen molar-refractivity contribution >= 4 is 29.7 Å². The number of hydrogen-bond donors (Lipinski definition) is 3. The third-order valence-electron chi connectivity index (χ3n) is 8.00. The van der Waals surface area contributed by atoms with Crippen molar-refractivity contribution in [3.63, 3.8) is 0 Å². The summed E-state index contributed by atoms with van der Waals surface area (Å²) in [5, 5.41) is 17.1. The van der Waals surface area contributed by atoms with Gasteiger partial charge < -0.3 is 25.2 Å². The van der Waals surface area contributed by atoms with Crippen molar-refractivity contribution in [2.45, 2.75) is 43.8 Å². The van der Waals surface area contributed by atoms with Crippen LogP contribution in [0, 0.1) is 0 Å². The number of ether oxygens (including phenoxy) is 2. The fraction of sp³-hybridized carbons (Fsp3) is 0.419. The lowest BCUT2D eigenvalue weighted by Gasteiger charge is -2.31. The Bertz CT molecular complexity index is 1450. The monoisotopic (exact) mass is 593 g/mol. The number of aliphatic hydroxyl groups is 1. The van der Waals surface area contributed by atoms with Gasteiger partial charge in [0.1, 0.15) is 12.0 Å². The lowest BCUT2D eigenvalue weighted by Crippen LogP contribution is -2.50. The number of aryl methyl sites for hydroxylation is 1. The molecule has 10 nitrogen and oxygen atoms in total. The highest BCUT2D eigenvalue weighted by Gasteiger charge is 2.40. The van der Waals surface area contributed by atoms with Crippen LogP contribution in [0.2, 0.25) is 5.02 Å². The summed E-state index contributed by atoms with van der Waals surface area (Å²) in [6.45, 7) is 1.64. The molecule has 1 unspecified atom stereocenters. The summed E-state index contributed by atoms with van der Waals surface area (Å²) in [6, 6.07) is 11.5. The smallest absolute Gasteiger partial charge is 0.234 e. The lowest BCUT2D eigenvalue weighted by atomic mass is 9.92. The van der Waals surface area contributed by atoms with E-state index in [2.05, 4.69) is 20.6 Å². The van der Waals surface area contributed by atoms with Crippen molar-refractivity contribution in [1.29, 1.82) is 0 Å². The normalized spacial score (nSPS) is 18.5. The molecule has 1 aliphatic carbocycles. The van der Waals surface area contributed by atoms with Gasteiger partial charge in [-0.25, -0.2) is 9.97 Å². The predicted molar refractivity (Wildman–Crippen MR) is 160 cm³/mol. The standard InChI is InChI=1S/C31H36ClN5O5/c1-37(17-28(40)36-31(19-39)10-7-20-5-6-25(41-2)14-26(20)31)16-22-4-3-21(13-23(22)18-38)29-27(32)15-33-30(35-29)34-24-8-11-42-12-9-24/h3-6,13-15,18,24,39H,7-12,16-17,19H2,1-2H3,(H,36,40)(H,33,34,35). The zero-order chi connectivity index (χ0) is 29.7. The van der Waals surface area contributed by atoms with Crippen LogP contribution < -0.4 is 15.4 Å². The number of carbonyl (C=O) groups excluding carboxylic acids is 2. The summed E-state index contributed by atoms with van der Waals surface area (Å²) in [5.41, 5.74) is 3.60. The van der Waals surface area contributed by atoms with Crippen LogP contribution in [-0.2, 0) is 28.0 Å². The Morgan fingerprint density at radius 1 is 1.26 bits per heavy atom. The number of aromatic nitrogens is 2. The third-order valence-corrected chi connectivity index (χ3v) is 8.28. The molecular formula is C31H36ClN5O5. The van der Waals surface area contributed by atoms with Crippen molar-refractivity contribution in [2.24, 2.45) is 0 Å². The first kappa shape index (κ1) is 29.9. The van der Waals surface area contributed by atoms with Crippen LogP contribution in [0.5, 0.6) is 5.75 Å². The molecule has 0 bridgehead atoms. The minimum Gasteiger partial charge on any atom is -0.497 e. The van der Waals surface area contributed by atoms with E-state index in [0.29, 0.717) is 59.7 Å². The van der Waals surface area contributed by atoms with Crippen LogP contribution in [0.15, 0.2) is 42.6 Å². The molecule has 11 heteroatoms. The number of aldehydes is 1. The van der Waals surface area contributed by atoms with E-state index in [1.807, 2.05) is 42.3 Å². The second-order valence-corrected chi connectivity index (χ2v) is 11.3. The number of fused-ring (bicyclic) bond motifs is 1. The summed E-state index contributed by atoms with van der Waals surface area (Å²) in [4.78, 5) is 36.0. The molecular weight excluding hydrogens is 558 g/mol. The van der Waals surface area contributed by atoms with Crippen LogP contribution in [0.4, 0.5) is 5.95 Å². The molecule has 1 fully saturated rings. The van der Waals surface area contributed by atoms with Crippen molar-refractivity contribution in [3.05, 3.63) is 69.9 Å². The molecule has 0 radical (unpaired) electrons. The molecule has 0 saturated carbocycles. The highest BCUT2D eigenvalue weighted by Crippen LogP contribution is 2.38. The van der Waals surface area contributed by atoms with Gasteiger partial charge >= 0.3 is 0 Å². The van der Waals surface area contributed by atoms with Gasteiger partial charge in [-0.1, -0.05) is 29.8 Å². The molecule has 0 spiro atoms. The second-order valence-electron chi connectivity index (χ2n) is 10.9. The number of nitrogens with zero attached hydrogens (tertiary/aromatic N) is 3. The lowest BCUT2D eigenvalue weighted by molar-refractivity contribution is -0.124. The molecule has 2 aliphatic rings. The Morgan fingerprint density at radius 3 is 2.81 bits per heavy atom. The quantitative estimate of drug-likeness (QED) is 0.286. The summed E-state index contributed by atoms with van der Waals surface area (Å²) in [6.07, 6.45) is 5.47. The molecule has 1 aliphatic heterocycles. The number of amides is 1. The number of likely N-dealkylation sites (N-methyl/N-ethyl adjacent to an activating group) is 1. The third kappa shape index (κ3) is 6.57. The average Bonchev–Trinajstić information content (AvgIpc) is 3.36. The second kappa shape index (κ2) is 13.2. The van der Waals surface area contributed by atoms with Gasteiger partial charge in [0.05, 0.1) is 42.7 Å². The Kier molecular flexibility index (Phi) is 9.37. The van der Waals surface area contributed by atoms with E-state index in [0.717, 1.165) is 42.2 Å². The molecule has 1 amide bonds. The zero-order valence-electron chi connectivity index (χ0n) is 23.9. The van der Waals surface area contributed by atoms with Gasteiger partial charge in [0.15, 0.2) is 0 Å². The van der Waals surface area contributed by atoms with Crippen LogP contribution in [0.25, 0.3) is 11.3 Å². The van der Waals surface area contributed by atoms with Crippen LogP contribution in [-0.4, -0.2) is 78.7 Å². The van der Waals surface area contributed by atoms with Crippen molar-refractivity contribution in [3.8, 4) is 17.0 Å². The first-order chi connectivity index (χ1) is 20.3. The van der Waals surface area contributed by atoms with Gasteiger partial charge in [0.25, 0.3) is 0 Å². The number of aliphatic hydroxyl groups excluding tert-OH is 1. The summed E-state index contributed by atoms with van der Waals surface area (Å²) >= 11 is 6.45. The fourth-order valence-electron chi connectivity index (χ4n) is 5.72. The van der Waals surface area contributed by atoms with Gasteiger partial charge in [-0.2, -0.15) is 0 Å². The van der Waals surface area contributed by atoms with E-state index in [1.165, 1.54) is 0 Å². The highest BCUT2D eigenvalue weighted by atomic mass is 35.5. The number of nitrogens with one attached hydrogen (secondary N) is 2. The van der Waals surface area contributed by atoms with E-state index in [1.54, 1.807) is 19.4 Å². The fourth-order valence-corrected chi connectivity index (χ4v) is 5.92. The molecule has 2 heterocycles. The maximum atomic E-state index is 13.1. The molecule has 5 rings (SSSR count). The number of methoxy groups -OCH3 is 1. The molecule has 1 atom stereocenters. The maximum Gasteiger partial charge on any atom is 0.234 e. The van der Waals surface area contributed by atoms with Gasteiger partial charge in [0.2, 0.25) is 11.9 Å². The van der Waals surface area contributed by atoms with Gasteiger partial charge in [-0.05, 0) is 67.6 Å². The molecule has 1 aromatic heterocycles.